The number of dihydropyridines is 1. The summed E-state index contributed by atoms with van der Waals surface area (Å²) in [5.74, 6) is 0. The van der Waals surface area contributed by atoms with Gasteiger partial charge >= 0.3 is 0 Å². The van der Waals surface area contributed by atoms with Gasteiger partial charge in [0, 0.05) is 6.21 Å². The van der Waals surface area contributed by atoms with Crippen molar-refractivity contribution in [1.82, 2.24) is 0 Å². The third-order valence-electron chi connectivity index (χ3n) is 1.39. The van der Waals surface area contributed by atoms with E-state index >= 15 is 0 Å². The van der Waals surface area contributed by atoms with Gasteiger partial charge in [0.25, 0.3) is 0 Å². The van der Waals surface area contributed by atoms with Crippen molar-refractivity contribution in [2.75, 3.05) is 6.54 Å². The zero-order chi connectivity index (χ0) is 8.32. The van der Waals surface area contributed by atoms with Crippen molar-refractivity contribution in [3.8, 4) is 0 Å². The maximum Gasteiger partial charge on any atom is 0.0691 e. The van der Waals surface area contributed by atoms with E-state index in [0.717, 1.165) is 6.54 Å². The highest BCUT2D eigenvalue weighted by atomic mass is 28.3. The molecule has 0 unspecified atom stereocenters. The van der Waals surface area contributed by atoms with Gasteiger partial charge in [-0.2, -0.15) is 0 Å². The van der Waals surface area contributed by atoms with E-state index in [1.54, 1.807) is 0 Å². The first kappa shape index (κ1) is 8.46. The normalized spacial score (nSPS) is 21.2. The average molecular weight is 165 g/mol. The number of hydrogen-bond acceptors (Lipinski definition) is 1. The van der Waals surface area contributed by atoms with Crippen LogP contribution in [0.1, 0.15) is 0 Å². The summed E-state index contributed by atoms with van der Waals surface area (Å²) >= 11 is 0. The predicted molar refractivity (Wildman–Crippen MR) is 53.9 cm³/mol. The molecule has 0 fully saturated rings. The summed E-state index contributed by atoms with van der Waals surface area (Å²) in [5.41, 5.74) is 3.78. The van der Waals surface area contributed by atoms with E-state index in [-0.39, 0.29) is 0 Å². The molecule has 2 heteroatoms. The van der Waals surface area contributed by atoms with Crippen molar-refractivity contribution < 1.29 is 0 Å². The summed E-state index contributed by atoms with van der Waals surface area (Å²) in [7, 11) is -1.03. The Kier molecular flexibility index (Phi) is 2.44. The zero-order valence-corrected chi connectivity index (χ0v) is 8.46. The summed E-state index contributed by atoms with van der Waals surface area (Å²) in [6, 6.07) is 0. The maximum absolute atomic E-state index is 4.18. The first-order valence-corrected chi connectivity index (χ1v) is 7.54. The van der Waals surface area contributed by atoms with Gasteiger partial charge in [-0.15, -0.1) is 0 Å². The molecule has 11 heavy (non-hydrogen) atoms. The molecule has 0 aromatic rings. The molecule has 0 N–H and O–H groups in total. The number of hydrogen-bond donors (Lipinski definition) is 0. The van der Waals surface area contributed by atoms with Crippen LogP contribution in [-0.2, 0) is 0 Å². The minimum Gasteiger partial charge on any atom is -0.288 e. The number of aliphatic imine (C=N–C) groups is 1. The van der Waals surface area contributed by atoms with Gasteiger partial charge in [-0.3, -0.25) is 4.99 Å². The quantitative estimate of drug-likeness (QED) is 0.529. The lowest BCUT2D eigenvalue weighted by molar-refractivity contribution is 1.18. The van der Waals surface area contributed by atoms with Crippen molar-refractivity contribution in [3.05, 3.63) is 23.4 Å². The van der Waals surface area contributed by atoms with Gasteiger partial charge in [0.1, 0.15) is 0 Å². The van der Waals surface area contributed by atoms with E-state index in [4.69, 9.17) is 0 Å². The van der Waals surface area contributed by atoms with Gasteiger partial charge in [-0.05, 0) is 11.6 Å². The fraction of sp³-hybridized carbons (Fsp3) is 0.444. The molecule has 0 spiro atoms. The zero-order valence-electron chi connectivity index (χ0n) is 7.46. The molecular weight excluding hydrogens is 150 g/mol. The molecule has 0 saturated carbocycles. The van der Waals surface area contributed by atoms with Crippen LogP contribution in [-0.4, -0.2) is 20.8 Å². The van der Waals surface area contributed by atoms with E-state index in [0.29, 0.717) is 0 Å². The molecule has 0 aromatic carbocycles. The maximum atomic E-state index is 4.18. The van der Waals surface area contributed by atoms with Crippen molar-refractivity contribution in [2.45, 2.75) is 19.6 Å². The second kappa shape index (κ2) is 3.18. The van der Waals surface area contributed by atoms with E-state index < -0.39 is 8.07 Å². The average Bonchev–Trinajstić information content (AvgIpc) is 1.85. The van der Waals surface area contributed by atoms with Gasteiger partial charge in [-0.25, -0.2) is 0 Å². The Hall–Kier alpha value is -0.633. The second-order valence-corrected chi connectivity index (χ2v) is 8.95. The number of rotatable bonds is 1. The van der Waals surface area contributed by atoms with Crippen LogP contribution in [0.3, 0.4) is 0 Å². The Morgan fingerprint density at radius 3 is 2.64 bits per heavy atom. The molecule has 0 saturated heterocycles. The van der Waals surface area contributed by atoms with Crippen LogP contribution in [0, 0.1) is 0 Å². The molecule has 1 heterocycles. The van der Waals surface area contributed by atoms with Gasteiger partial charge in [0.05, 0.1) is 14.6 Å². The van der Waals surface area contributed by atoms with Crippen LogP contribution in [0.15, 0.2) is 28.4 Å². The first-order valence-electron chi connectivity index (χ1n) is 3.96. The summed E-state index contributed by atoms with van der Waals surface area (Å²) in [6.07, 6.45) is 6.03. The molecule has 1 rings (SSSR count). The van der Waals surface area contributed by atoms with Crippen LogP contribution in [0.25, 0.3) is 0 Å². The highest BCUT2D eigenvalue weighted by Gasteiger charge is 2.09. The standard InChI is InChI=1S/C9H15NSi/c1-11(2,3)8-9-5-4-6-10-7-9/h4-6,8H,7H2,1-3H3. The topological polar surface area (TPSA) is 12.4 Å². The minimum atomic E-state index is -1.03. The van der Waals surface area contributed by atoms with Crippen molar-refractivity contribution in [3.63, 3.8) is 0 Å². The van der Waals surface area contributed by atoms with Crippen LogP contribution < -0.4 is 0 Å². The minimum absolute atomic E-state index is 0.876. The first-order chi connectivity index (χ1) is 5.08. The summed E-state index contributed by atoms with van der Waals surface area (Å²) in [5, 5.41) is 0. The lowest BCUT2D eigenvalue weighted by atomic mass is 10.2. The van der Waals surface area contributed by atoms with Crippen LogP contribution in [0.2, 0.25) is 19.6 Å². The van der Waals surface area contributed by atoms with E-state index in [1.807, 2.05) is 12.3 Å². The van der Waals surface area contributed by atoms with E-state index in [9.17, 15) is 0 Å². The summed E-state index contributed by atoms with van der Waals surface area (Å²) in [4.78, 5) is 4.18. The molecule has 1 aliphatic rings. The Bertz CT molecular complexity index is 218. The van der Waals surface area contributed by atoms with Gasteiger partial charge in [0.2, 0.25) is 0 Å². The van der Waals surface area contributed by atoms with E-state index in [1.165, 1.54) is 5.57 Å². The van der Waals surface area contributed by atoms with Crippen LogP contribution in [0.4, 0.5) is 0 Å². The highest BCUT2D eigenvalue weighted by Crippen LogP contribution is 2.09. The molecule has 0 bridgehead atoms. The monoisotopic (exact) mass is 165 g/mol. The lowest BCUT2D eigenvalue weighted by Gasteiger charge is -2.12. The third kappa shape index (κ3) is 3.32. The smallest absolute Gasteiger partial charge is 0.0691 e. The number of nitrogens with zero attached hydrogens (tertiary/aromatic N) is 1. The van der Waals surface area contributed by atoms with Crippen LogP contribution >= 0.6 is 0 Å². The summed E-state index contributed by atoms with van der Waals surface area (Å²) in [6.45, 7) is 7.89. The molecule has 1 aliphatic heterocycles. The Morgan fingerprint density at radius 1 is 1.45 bits per heavy atom. The van der Waals surface area contributed by atoms with E-state index in [2.05, 4.69) is 36.4 Å². The van der Waals surface area contributed by atoms with Crippen molar-refractivity contribution in [1.29, 1.82) is 0 Å². The summed E-state index contributed by atoms with van der Waals surface area (Å²) < 4.78 is 0. The Morgan fingerprint density at radius 2 is 2.18 bits per heavy atom. The molecule has 60 valence electrons. The molecule has 0 aliphatic carbocycles. The Balaban J connectivity index is 2.69. The SMILES string of the molecule is C[Si](C)(C)C=C1C=CC=NC1. The Labute approximate surface area is 69.6 Å². The second-order valence-electron chi connectivity index (χ2n) is 3.93. The molecule has 0 amide bonds. The fourth-order valence-corrected chi connectivity index (χ4v) is 2.39. The van der Waals surface area contributed by atoms with Gasteiger partial charge in [0.15, 0.2) is 0 Å². The highest BCUT2D eigenvalue weighted by molar-refractivity contribution is 6.81. The molecular formula is C9H15NSi. The molecule has 0 aromatic heterocycles. The third-order valence-corrected chi connectivity index (χ3v) is 2.63. The van der Waals surface area contributed by atoms with Gasteiger partial charge in [-0.1, -0.05) is 31.4 Å². The van der Waals surface area contributed by atoms with Gasteiger partial charge < -0.3 is 0 Å². The fourth-order valence-electron chi connectivity index (χ4n) is 1.09. The predicted octanol–water partition coefficient (Wildman–Crippen LogP) is 2.43. The largest absolute Gasteiger partial charge is 0.288 e. The van der Waals surface area contributed by atoms with Crippen molar-refractivity contribution in [2.24, 2.45) is 4.99 Å². The molecule has 1 nitrogen and oxygen atoms in total. The molecule has 0 atom stereocenters. The van der Waals surface area contributed by atoms with Crippen molar-refractivity contribution >= 4 is 14.3 Å². The number of allylic oxidation sites excluding steroid dienone is 1. The van der Waals surface area contributed by atoms with Crippen LogP contribution in [0.5, 0.6) is 0 Å². The molecule has 0 radical (unpaired) electrons. The lowest BCUT2D eigenvalue weighted by Crippen LogP contribution is -2.17.